The lowest BCUT2D eigenvalue weighted by Gasteiger charge is -2.23. The van der Waals surface area contributed by atoms with Crippen LogP contribution < -0.4 is 5.32 Å². The summed E-state index contributed by atoms with van der Waals surface area (Å²) in [5.41, 5.74) is 5.27. The smallest absolute Gasteiger partial charge is 0.220 e. The van der Waals surface area contributed by atoms with Crippen molar-refractivity contribution in [2.24, 2.45) is 5.92 Å². The van der Waals surface area contributed by atoms with E-state index in [0.717, 1.165) is 48.0 Å². The van der Waals surface area contributed by atoms with Gasteiger partial charge in [-0.1, -0.05) is 12.8 Å². The second kappa shape index (κ2) is 9.12. The van der Waals surface area contributed by atoms with Gasteiger partial charge in [0.2, 0.25) is 5.91 Å². The first-order valence-corrected chi connectivity index (χ1v) is 12.5. The Labute approximate surface area is 193 Å². The number of carbonyl (C=O) groups is 1. The summed E-state index contributed by atoms with van der Waals surface area (Å²) >= 11 is 0. The summed E-state index contributed by atoms with van der Waals surface area (Å²) in [4.78, 5) is 20.2. The van der Waals surface area contributed by atoms with Crippen LogP contribution in [-0.2, 0) is 16.8 Å². The predicted molar refractivity (Wildman–Crippen MR) is 130 cm³/mol. The van der Waals surface area contributed by atoms with E-state index in [4.69, 9.17) is 10.1 Å². The third-order valence-electron chi connectivity index (χ3n) is 7.56. The Morgan fingerprint density at radius 3 is 2.50 bits per heavy atom. The number of hydrogen-bond acceptors (Lipinski definition) is 4. The number of nitrogens with one attached hydrogen (secondary N) is 1. The number of pyridine rings is 1. The number of fused-ring (bicyclic) bond motifs is 1. The summed E-state index contributed by atoms with van der Waals surface area (Å²) in [5.74, 6) is 0.761. The van der Waals surface area contributed by atoms with Crippen molar-refractivity contribution in [1.82, 2.24) is 25.0 Å². The van der Waals surface area contributed by atoms with Crippen LogP contribution in [0.4, 0.5) is 0 Å². The minimum absolute atomic E-state index is 0.118. The molecule has 2 aromatic rings. The van der Waals surface area contributed by atoms with Crippen LogP contribution in [0.3, 0.4) is 0 Å². The minimum atomic E-state index is -0.118. The van der Waals surface area contributed by atoms with Gasteiger partial charge in [-0.15, -0.1) is 0 Å². The molecule has 1 aliphatic heterocycles. The highest BCUT2D eigenvalue weighted by Crippen LogP contribution is 2.30. The molecule has 1 amide bonds. The highest BCUT2D eigenvalue weighted by atomic mass is 16.1. The van der Waals surface area contributed by atoms with E-state index in [0.29, 0.717) is 12.3 Å². The lowest BCUT2D eigenvalue weighted by molar-refractivity contribution is -0.121. The Morgan fingerprint density at radius 1 is 1.09 bits per heavy atom. The maximum Gasteiger partial charge on any atom is 0.220 e. The molecule has 0 bridgehead atoms. The van der Waals surface area contributed by atoms with E-state index >= 15 is 0 Å². The van der Waals surface area contributed by atoms with E-state index < -0.39 is 0 Å². The Hall–Kier alpha value is -1.95. The SMILES string of the molecule is Cc1nc2c(c(C)nn2C(C)(C)C)c(C)c1CCC(=O)NC[C@H]1CCN(C2CCCC2)C1. The van der Waals surface area contributed by atoms with Gasteiger partial charge in [0, 0.05) is 36.6 Å². The van der Waals surface area contributed by atoms with E-state index in [1.165, 1.54) is 49.8 Å². The molecule has 4 rings (SSSR count). The molecule has 2 fully saturated rings. The fraction of sp³-hybridized carbons (Fsp3) is 0.731. The molecule has 3 heterocycles. The first kappa shape index (κ1) is 23.2. The van der Waals surface area contributed by atoms with Crippen LogP contribution in [0, 0.1) is 26.7 Å². The van der Waals surface area contributed by atoms with Crippen molar-refractivity contribution in [1.29, 1.82) is 0 Å². The molecule has 6 heteroatoms. The van der Waals surface area contributed by atoms with Crippen molar-refractivity contribution in [2.45, 2.75) is 98.1 Å². The highest BCUT2D eigenvalue weighted by molar-refractivity contribution is 5.84. The largest absolute Gasteiger partial charge is 0.356 e. The zero-order chi connectivity index (χ0) is 23.0. The van der Waals surface area contributed by atoms with Crippen LogP contribution in [0.5, 0.6) is 0 Å². The second-order valence-corrected chi connectivity index (χ2v) is 11.1. The van der Waals surface area contributed by atoms with Gasteiger partial charge in [0.1, 0.15) is 0 Å². The zero-order valence-corrected chi connectivity index (χ0v) is 20.9. The Morgan fingerprint density at radius 2 is 1.81 bits per heavy atom. The van der Waals surface area contributed by atoms with Crippen LogP contribution in [0.2, 0.25) is 0 Å². The summed E-state index contributed by atoms with van der Waals surface area (Å²) in [6.45, 7) is 15.9. The van der Waals surface area contributed by atoms with Crippen LogP contribution in [0.15, 0.2) is 0 Å². The fourth-order valence-electron chi connectivity index (χ4n) is 5.76. The molecule has 6 nitrogen and oxygen atoms in total. The first-order valence-electron chi connectivity index (χ1n) is 12.5. The van der Waals surface area contributed by atoms with Gasteiger partial charge >= 0.3 is 0 Å². The molecule has 1 saturated carbocycles. The number of aryl methyl sites for hydroxylation is 3. The first-order chi connectivity index (χ1) is 15.1. The summed E-state index contributed by atoms with van der Waals surface area (Å²) < 4.78 is 2.03. The predicted octanol–water partition coefficient (Wildman–Crippen LogP) is 4.42. The molecule has 176 valence electrons. The van der Waals surface area contributed by atoms with E-state index in [1.54, 1.807) is 0 Å². The van der Waals surface area contributed by atoms with E-state index in [1.807, 2.05) is 4.68 Å². The maximum absolute atomic E-state index is 12.6. The average molecular weight is 440 g/mol. The summed E-state index contributed by atoms with van der Waals surface area (Å²) in [7, 11) is 0. The molecular weight excluding hydrogens is 398 g/mol. The van der Waals surface area contributed by atoms with E-state index in [-0.39, 0.29) is 11.4 Å². The second-order valence-electron chi connectivity index (χ2n) is 11.1. The molecule has 0 radical (unpaired) electrons. The third kappa shape index (κ3) is 4.70. The van der Waals surface area contributed by atoms with Gasteiger partial charge in [-0.2, -0.15) is 5.10 Å². The molecule has 2 aromatic heterocycles. The Kier molecular flexibility index (Phi) is 6.62. The molecule has 1 atom stereocenters. The molecule has 0 spiro atoms. The lowest BCUT2D eigenvalue weighted by Crippen LogP contribution is -2.34. The van der Waals surface area contributed by atoms with Crippen molar-refractivity contribution in [3.05, 3.63) is 22.5 Å². The summed E-state index contributed by atoms with van der Waals surface area (Å²) in [6, 6.07) is 0.801. The number of rotatable bonds is 6. The fourth-order valence-corrected chi connectivity index (χ4v) is 5.76. The number of likely N-dealkylation sites (tertiary alicyclic amines) is 1. The Bertz CT molecular complexity index is 980. The molecular formula is C26H41N5O. The Balaban J connectivity index is 1.36. The monoisotopic (exact) mass is 439 g/mol. The zero-order valence-electron chi connectivity index (χ0n) is 20.9. The maximum atomic E-state index is 12.6. The number of nitrogens with zero attached hydrogens (tertiary/aromatic N) is 4. The van der Waals surface area contributed by atoms with Gasteiger partial charge in [0.15, 0.2) is 5.65 Å². The van der Waals surface area contributed by atoms with Gasteiger partial charge in [-0.25, -0.2) is 9.67 Å². The van der Waals surface area contributed by atoms with E-state index in [2.05, 4.69) is 51.8 Å². The number of hydrogen-bond donors (Lipinski definition) is 1. The molecule has 0 unspecified atom stereocenters. The molecule has 1 aliphatic carbocycles. The van der Waals surface area contributed by atoms with Crippen LogP contribution in [-0.4, -0.2) is 51.2 Å². The number of aromatic nitrogens is 3. The van der Waals surface area contributed by atoms with Crippen molar-refractivity contribution in [3.63, 3.8) is 0 Å². The van der Waals surface area contributed by atoms with E-state index in [9.17, 15) is 4.79 Å². The molecule has 2 aliphatic rings. The van der Waals surface area contributed by atoms with Gasteiger partial charge in [-0.3, -0.25) is 4.79 Å². The summed E-state index contributed by atoms with van der Waals surface area (Å²) in [5, 5.41) is 9.13. The van der Waals surface area contributed by atoms with Crippen LogP contribution in [0.1, 0.15) is 81.8 Å². The summed E-state index contributed by atoms with van der Waals surface area (Å²) in [6.07, 6.45) is 7.96. The van der Waals surface area contributed by atoms with Gasteiger partial charge in [0.05, 0.1) is 11.2 Å². The molecule has 32 heavy (non-hydrogen) atoms. The molecule has 1 saturated heterocycles. The van der Waals surface area contributed by atoms with Crippen molar-refractivity contribution in [2.75, 3.05) is 19.6 Å². The number of carbonyl (C=O) groups excluding carboxylic acids is 1. The van der Waals surface area contributed by atoms with Crippen molar-refractivity contribution < 1.29 is 4.79 Å². The van der Waals surface area contributed by atoms with Gasteiger partial charge in [0.25, 0.3) is 0 Å². The van der Waals surface area contributed by atoms with Gasteiger partial charge in [-0.05, 0) is 90.8 Å². The van der Waals surface area contributed by atoms with Crippen LogP contribution >= 0.6 is 0 Å². The average Bonchev–Trinajstić information content (AvgIpc) is 3.45. The number of amides is 1. The third-order valence-corrected chi connectivity index (χ3v) is 7.56. The van der Waals surface area contributed by atoms with Gasteiger partial charge < -0.3 is 10.2 Å². The lowest BCUT2D eigenvalue weighted by atomic mass is 9.99. The van der Waals surface area contributed by atoms with Crippen LogP contribution in [0.25, 0.3) is 11.0 Å². The normalized spacial score (nSPS) is 20.5. The van der Waals surface area contributed by atoms with Crippen molar-refractivity contribution in [3.8, 4) is 0 Å². The quantitative estimate of drug-likeness (QED) is 0.723. The standard InChI is InChI=1S/C26H41N5O/c1-17-22(18(2)28-25-24(17)19(3)29-31(25)26(4,5)6)11-12-23(32)27-15-20-13-14-30(16-20)21-9-7-8-10-21/h20-21H,7-16H2,1-6H3,(H,27,32)/t20-/m1/s1. The minimum Gasteiger partial charge on any atom is -0.356 e. The van der Waals surface area contributed by atoms with Crippen molar-refractivity contribution >= 4 is 16.9 Å². The molecule has 0 aromatic carbocycles. The molecule has 1 N–H and O–H groups in total. The highest BCUT2D eigenvalue weighted by Gasteiger charge is 2.30. The topological polar surface area (TPSA) is 63.1 Å².